The molecule has 1 saturated heterocycles. The summed E-state index contributed by atoms with van der Waals surface area (Å²) in [5.74, 6) is -0.434. The normalized spacial score (nSPS) is 19.0. The Labute approximate surface area is 214 Å². The SMILES string of the molecule is Oc1ccc2c3c(ccc2c1)-c1cc(F)cc(F)c1OC3c1ccc(OCCC2CCCCCN2)cc1. The molecular weight excluding hydrogens is 472 g/mol. The second kappa shape index (κ2) is 10.0. The van der Waals surface area contributed by atoms with E-state index in [0.717, 1.165) is 46.7 Å². The molecule has 4 aromatic carbocycles. The monoisotopic (exact) mass is 501 g/mol. The zero-order valence-corrected chi connectivity index (χ0v) is 20.5. The van der Waals surface area contributed by atoms with Crippen LogP contribution in [0.2, 0.25) is 0 Å². The Hall–Kier alpha value is -3.64. The first-order chi connectivity index (χ1) is 18.1. The first-order valence-electron chi connectivity index (χ1n) is 12.9. The van der Waals surface area contributed by atoms with Crippen molar-refractivity contribution in [1.82, 2.24) is 5.32 Å². The van der Waals surface area contributed by atoms with E-state index in [4.69, 9.17) is 9.47 Å². The van der Waals surface area contributed by atoms with Crippen LogP contribution in [-0.4, -0.2) is 24.3 Å². The highest BCUT2D eigenvalue weighted by Gasteiger charge is 2.32. The molecule has 0 bridgehead atoms. The highest BCUT2D eigenvalue weighted by molar-refractivity contribution is 5.95. The molecule has 2 atom stereocenters. The third-order valence-corrected chi connectivity index (χ3v) is 7.42. The largest absolute Gasteiger partial charge is 0.508 e. The van der Waals surface area contributed by atoms with Crippen molar-refractivity contribution < 1.29 is 23.4 Å². The summed E-state index contributed by atoms with van der Waals surface area (Å²) < 4.78 is 41.3. The van der Waals surface area contributed by atoms with E-state index >= 15 is 0 Å². The summed E-state index contributed by atoms with van der Waals surface area (Å²) in [5, 5.41) is 15.3. The molecule has 0 amide bonds. The van der Waals surface area contributed by atoms with Crippen LogP contribution in [0.5, 0.6) is 17.2 Å². The second-order valence-corrected chi connectivity index (χ2v) is 9.90. The number of hydrogen-bond donors (Lipinski definition) is 2. The molecule has 0 radical (unpaired) electrons. The first-order valence-corrected chi connectivity index (χ1v) is 12.9. The lowest BCUT2D eigenvalue weighted by Crippen LogP contribution is -2.29. The molecule has 2 aliphatic heterocycles. The number of nitrogens with one attached hydrogen (secondary N) is 1. The van der Waals surface area contributed by atoms with E-state index < -0.39 is 17.7 Å². The highest BCUT2D eigenvalue weighted by atomic mass is 19.1. The van der Waals surface area contributed by atoms with E-state index in [9.17, 15) is 13.9 Å². The van der Waals surface area contributed by atoms with E-state index in [1.807, 2.05) is 42.5 Å². The molecule has 0 aliphatic carbocycles. The third kappa shape index (κ3) is 4.74. The molecule has 2 heterocycles. The maximum Gasteiger partial charge on any atom is 0.168 e. The molecular formula is C31H29F2NO3. The highest BCUT2D eigenvalue weighted by Crippen LogP contribution is 2.49. The smallest absolute Gasteiger partial charge is 0.168 e. The van der Waals surface area contributed by atoms with Crippen LogP contribution < -0.4 is 14.8 Å². The predicted octanol–water partition coefficient (Wildman–Crippen LogP) is 7.27. The first kappa shape index (κ1) is 23.7. The lowest BCUT2D eigenvalue weighted by atomic mass is 9.86. The number of halogens is 2. The van der Waals surface area contributed by atoms with E-state index in [-0.39, 0.29) is 11.5 Å². The van der Waals surface area contributed by atoms with Crippen LogP contribution in [0.15, 0.2) is 66.7 Å². The summed E-state index contributed by atoms with van der Waals surface area (Å²) in [5.41, 5.74) is 2.72. The molecule has 2 N–H and O–H groups in total. The number of aromatic hydroxyl groups is 1. The molecule has 1 fully saturated rings. The summed E-state index contributed by atoms with van der Waals surface area (Å²) in [6.07, 6.45) is 5.34. The van der Waals surface area contributed by atoms with Gasteiger partial charge in [-0.3, -0.25) is 0 Å². The fourth-order valence-electron chi connectivity index (χ4n) is 5.56. The minimum absolute atomic E-state index is 0.0354. The molecule has 6 heteroatoms. The number of ether oxygens (including phenoxy) is 2. The van der Waals surface area contributed by atoms with Crippen LogP contribution in [0.4, 0.5) is 8.78 Å². The van der Waals surface area contributed by atoms with Gasteiger partial charge in [-0.2, -0.15) is 0 Å². The van der Waals surface area contributed by atoms with Crippen molar-refractivity contribution >= 4 is 10.8 Å². The number of phenolic OH excluding ortho intramolecular Hbond substituents is 1. The van der Waals surface area contributed by atoms with Crippen LogP contribution in [0.25, 0.3) is 21.9 Å². The fourth-order valence-corrected chi connectivity index (χ4v) is 5.56. The van der Waals surface area contributed by atoms with Gasteiger partial charge in [-0.25, -0.2) is 8.78 Å². The van der Waals surface area contributed by atoms with Gasteiger partial charge in [-0.15, -0.1) is 0 Å². The van der Waals surface area contributed by atoms with E-state index in [1.54, 1.807) is 12.1 Å². The van der Waals surface area contributed by atoms with Gasteiger partial charge in [0.15, 0.2) is 17.7 Å². The van der Waals surface area contributed by atoms with Gasteiger partial charge in [0, 0.05) is 23.2 Å². The minimum Gasteiger partial charge on any atom is -0.508 e. The van der Waals surface area contributed by atoms with Crippen molar-refractivity contribution in [3.8, 4) is 28.4 Å². The van der Waals surface area contributed by atoms with Crippen LogP contribution >= 0.6 is 0 Å². The Morgan fingerprint density at radius 3 is 2.65 bits per heavy atom. The third-order valence-electron chi connectivity index (χ3n) is 7.42. The topological polar surface area (TPSA) is 50.7 Å². The molecule has 0 aromatic heterocycles. The maximum atomic E-state index is 14.8. The summed E-state index contributed by atoms with van der Waals surface area (Å²) >= 11 is 0. The molecule has 2 unspecified atom stereocenters. The van der Waals surface area contributed by atoms with Gasteiger partial charge in [0.05, 0.1) is 6.61 Å². The van der Waals surface area contributed by atoms with Crippen molar-refractivity contribution in [2.45, 2.75) is 44.2 Å². The Morgan fingerprint density at radius 2 is 1.78 bits per heavy atom. The Kier molecular flexibility index (Phi) is 6.43. The average molecular weight is 502 g/mol. The van der Waals surface area contributed by atoms with Crippen molar-refractivity contribution in [1.29, 1.82) is 0 Å². The molecule has 0 saturated carbocycles. The molecule has 37 heavy (non-hydrogen) atoms. The zero-order chi connectivity index (χ0) is 25.4. The fraction of sp³-hybridized carbons (Fsp3) is 0.290. The lowest BCUT2D eigenvalue weighted by molar-refractivity contribution is 0.232. The van der Waals surface area contributed by atoms with Crippen LogP contribution in [0.3, 0.4) is 0 Å². The van der Waals surface area contributed by atoms with Crippen LogP contribution in [0.1, 0.15) is 49.3 Å². The Bertz CT molecular complexity index is 1430. The Balaban J connectivity index is 1.31. The van der Waals surface area contributed by atoms with E-state index in [0.29, 0.717) is 23.8 Å². The number of rotatable bonds is 5. The quantitative estimate of drug-likeness (QED) is 0.302. The standard InChI is InChI=1S/C31H29F2NO3/c32-21-17-27-26-11-7-20-16-23(35)8-12-25(20)29(26)30(37-31(27)28(33)18-21)19-5-9-24(10-6-19)36-15-13-22-4-2-1-3-14-34-22/h5-12,16-18,22,30,34-35H,1-4,13-15H2. The van der Waals surface area contributed by atoms with Gasteiger partial charge < -0.3 is 19.9 Å². The maximum absolute atomic E-state index is 14.8. The number of fused-ring (bicyclic) bond motifs is 5. The van der Waals surface area contributed by atoms with Crippen molar-refractivity contribution in [3.05, 3.63) is 89.5 Å². The lowest BCUT2D eigenvalue weighted by Gasteiger charge is -2.31. The molecule has 6 rings (SSSR count). The van der Waals surface area contributed by atoms with Gasteiger partial charge in [-0.05, 0) is 78.0 Å². The summed E-state index contributed by atoms with van der Waals surface area (Å²) in [6, 6.07) is 19.1. The number of benzene rings is 4. The van der Waals surface area contributed by atoms with Gasteiger partial charge >= 0.3 is 0 Å². The number of phenols is 1. The zero-order valence-electron chi connectivity index (χ0n) is 20.5. The average Bonchev–Trinajstić information content (AvgIpc) is 3.17. The van der Waals surface area contributed by atoms with Crippen molar-refractivity contribution in [2.75, 3.05) is 13.2 Å². The molecule has 4 aromatic rings. The van der Waals surface area contributed by atoms with Gasteiger partial charge in [0.2, 0.25) is 0 Å². The second-order valence-electron chi connectivity index (χ2n) is 9.90. The van der Waals surface area contributed by atoms with Crippen molar-refractivity contribution in [3.63, 3.8) is 0 Å². The van der Waals surface area contributed by atoms with Crippen LogP contribution in [-0.2, 0) is 0 Å². The molecule has 4 nitrogen and oxygen atoms in total. The molecule has 190 valence electrons. The minimum atomic E-state index is -0.733. The summed E-state index contributed by atoms with van der Waals surface area (Å²) in [4.78, 5) is 0. The van der Waals surface area contributed by atoms with Crippen molar-refractivity contribution in [2.24, 2.45) is 0 Å². The molecule has 2 aliphatic rings. The summed E-state index contributed by atoms with van der Waals surface area (Å²) in [6.45, 7) is 1.71. The van der Waals surface area contributed by atoms with Gasteiger partial charge in [0.25, 0.3) is 0 Å². The van der Waals surface area contributed by atoms with E-state index in [1.165, 1.54) is 31.7 Å². The van der Waals surface area contributed by atoms with Crippen LogP contribution in [0, 0.1) is 11.6 Å². The molecule has 0 spiro atoms. The number of hydrogen-bond acceptors (Lipinski definition) is 4. The van der Waals surface area contributed by atoms with Gasteiger partial charge in [0.1, 0.15) is 17.3 Å². The van der Waals surface area contributed by atoms with E-state index in [2.05, 4.69) is 5.32 Å². The Morgan fingerprint density at radius 1 is 0.919 bits per heavy atom. The summed E-state index contributed by atoms with van der Waals surface area (Å²) in [7, 11) is 0. The van der Waals surface area contributed by atoms with Gasteiger partial charge in [-0.1, -0.05) is 43.2 Å². The predicted molar refractivity (Wildman–Crippen MR) is 140 cm³/mol.